The van der Waals surface area contributed by atoms with Crippen LogP contribution in [0, 0.1) is 0 Å². The Morgan fingerprint density at radius 2 is 1.66 bits per heavy atom. The Morgan fingerprint density at radius 1 is 0.943 bits per heavy atom. The second kappa shape index (κ2) is 12.4. The second-order valence-corrected chi connectivity index (χ2v) is 7.56. The highest BCUT2D eigenvalue weighted by Gasteiger charge is 2.15. The molecule has 0 radical (unpaired) electrons. The van der Waals surface area contributed by atoms with E-state index in [1.807, 2.05) is 0 Å². The highest BCUT2D eigenvalue weighted by atomic mass is 35.5. The number of aromatic nitrogens is 1. The van der Waals surface area contributed by atoms with Crippen LogP contribution in [-0.2, 0) is 27.8 Å². The summed E-state index contributed by atoms with van der Waals surface area (Å²) in [4.78, 5) is 48.4. The van der Waals surface area contributed by atoms with Gasteiger partial charge in [-0.2, -0.15) is 0 Å². The van der Waals surface area contributed by atoms with E-state index in [9.17, 15) is 19.2 Å². The van der Waals surface area contributed by atoms with Gasteiger partial charge in [0.05, 0.1) is 19.2 Å². The van der Waals surface area contributed by atoms with Gasteiger partial charge >= 0.3 is 5.97 Å². The van der Waals surface area contributed by atoms with Crippen molar-refractivity contribution in [2.24, 2.45) is 7.05 Å². The lowest BCUT2D eigenvalue weighted by Crippen LogP contribution is -3.00. The van der Waals surface area contributed by atoms with Gasteiger partial charge in [-0.05, 0) is 35.9 Å². The van der Waals surface area contributed by atoms with Gasteiger partial charge in [-0.1, -0.05) is 18.2 Å². The lowest BCUT2D eigenvalue weighted by Gasteiger charge is -2.08. The van der Waals surface area contributed by atoms with Crippen LogP contribution in [0.4, 0.5) is 17.1 Å². The predicted octanol–water partition coefficient (Wildman–Crippen LogP) is -1.76. The molecule has 6 N–H and O–H groups in total. The number of hydrogen-bond acceptors (Lipinski definition) is 5. The molecule has 1 heterocycles. The van der Waals surface area contributed by atoms with Gasteiger partial charge in [0.25, 0.3) is 11.8 Å². The van der Waals surface area contributed by atoms with Crippen LogP contribution >= 0.6 is 0 Å². The first-order valence-corrected chi connectivity index (χ1v) is 10.4. The van der Waals surface area contributed by atoms with Crippen molar-refractivity contribution < 1.29 is 42.1 Å². The van der Waals surface area contributed by atoms with Crippen LogP contribution in [0.3, 0.4) is 0 Å². The third-order valence-electron chi connectivity index (χ3n) is 4.89. The van der Waals surface area contributed by atoms with Gasteiger partial charge in [0.2, 0.25) is 5.91 Å². The normalized spacial score (nSPS) is 10.0. The highest BCUT2D eigenvalue weighted by molar-refractivity contribution is 6.07. The minimum Gasteiger partial charge on any atom is -1.00 e. The Hall–Kier alpha value is -4.15. The SMILES string of the molecule is COC(=O)CNC(=O)Cc1cccc(NC(=O)c2cc(NC(=O)c3cccc([NH3+])c3)cn2C)c1.[Cl-]. The number of nitrogens with zero attached hydrogens (tertiary/aromatic N) is 1. The molecule has 0 aliphatic rings. The van der Waals surface area contributed by atoms with Crippen LogP contribution < -0.4 is 34.1 Å². The number of anilines is 2. The number of carbonyl (C=O) groups is 4. The van der Waals surface area contributed by atoms with E-state index in [4.69, 9.17) is 0 Å². The van der Waals surface area contributed by atoms with Crippen LogP contribution in [0.15, 0.2) is 60.8 Å². The van der Waals surface area contributed by atoms with Gasteiger partial charge in [-0.25, -0.2) is 0 Å². The maximum atomic E-state index is 12.8. The number of halogens is 1. The van der Waals surface area contributed by atoms with E-state index in [0.717, 1.165) is 5.69 Å². The number of benzene rings is 2. The molecule has 0 aliphatic carbocycles. The minimum atomic E-state index is -0.539. The molecule has 0 atom stereocenters. The van der Waals surface area contributed by atoms with Crippen LogP contribution in [0.1, 0.15) is 26.4 Å². The van der Waals surface area contributed by atoms with Gasteiger partial charge < -0.3 is 43.4 Å². The molecular formula is C24H26ClN5O5. The van der Waals surface area contributed by atoms with Gasteiger partial charge in [0.1, 0.15) is 17.9 Å². The first-order valence-electron chi connectivity index (χ1n) is 10.4. The van der Waals surface area contributed by atoms with Crippen LogP contribution in [-0.4, -0.2) is 41.9 Å². The molecule has 3 aromatic rings. The van der Waals surface area contributed by atoms with Crippen molar-refractivity contribution in [3.63, 3.8) is 0 Å². The number of ether oxygens (including phenoxy) is 1. The third kappa shape index (κ3) is 7.70. The smallest absolute Gasteiger partial charge is 0.325 e. The summed E-state index contributed by atoms with van der Waals surface area (Å²) < 4.78 is 6.09. The van der Waals surface area contributed by atoms with Crippen molar-refractivity contribution in [1.29, 1.82) is 0 Å². The Morgan fingerprint density at radius 3 is 2.37 bits per heavy atom. The fraction of sp³-hybridized carbons (Fsp3) is 0.167. The molecule has 184 valence electrons. The number of esters is 1. The number of quaternary nitrogens is 1. The molecule has 0 bridgehead atoms. The number of nitrogens with one attached hydrogen (secondary N) is 3. The van der Waals surface area contributed by atoms with E-state index in [-0.39, 0.29) is 43.1 Å². The van der Waals surface area contributed by atoms with E-state index in [0.29, 0.717) is 28.2 Å². The summed E-state index contributed by atoms with van der Waals surface area (Å²) in [6.07, 6.45) is 1.68. The summed E-state index contributed by atoms with van der Waals surface area (Å²) >= 11 is 0. The molecular weight excluding hydrogens is 474 g/mol. The fourth-order valence-electron chi connectivity index (χ4n) is 3.22. The standard InChI is InChI=1S/C24H25N5O5.ClH/c1-29-14-19(28-23(32)16-6-4-7-17(25)11-16)12-20(29)24(33)27-18-8-3-5-15(9-18)10-21(30)26-13-22(31)34-2;/h3-9,11-12,14H,10,13,25H2,1-2H3,(H,26,30)(H,27,33)(H,28,32);1H. The van der Waals surface area contributed by atoms with E-state index in [2.05, 4.69) is 26.4 Å². The molecule has 35 heavy (non-hydrogen) atoms. The van der Waals surface area contributed by atoms with Gasteiger partial charge in [-0.3, -0.25) is 19.2 Å². The summed E-state index contributed by atoms with van der Waals surface area (Å²) in [6.45, 7) is -0.209. The van der Waals surface area contributed by atoms with Crippen molar-refractivity contribution in [1.82, 2.24) is 9.88 Å². The zero-order chi connectivity index (χ0) is 24.7. The molecule has 2 aromatic carbocycles. The molecule has 0 saturated heterocycles. The first-order chi connectivity index (χ1) is 16.2. The number of methoxy groups -OCH3 is 1. The quantitative estimate of drug-likeness (QED) is 0.271. The van der Waals surface area contributed by atoms with Crippen LogP contribution in [0.5, 0.6) is 0 Å². The van der Waals surface area contributed by atoms with Crippen LogP contribution in [0.2, 0.25) is 0 Å². The molecule has 1 aromatic heterocycles. The van der Waals surface area contributed by atoms with Crippen molar-refractivity contribution in [2.75, 3.05) is 24.3 Å². The van der Waals surface area contributed by atoms with Crippen molar-refractivity contribution in [3.05, 3.63) is 77.6 Å². The maximum Gasteiger partial charge on any atom is 0.325 e. The molecule has 3 rings (SSSR count). The first kappa shape index (κ1) is 27.1. The monoisotopic (exact) mass is 499 g/mol. The highest BCUT2D eigenvalue weighted by Crippen LogP contribution is 2.18. The molecule has 3 amide bonds. The zero-order valence-electron chi connectivity index (χ0n) is 19.3. The predicted molar refractivity (Wildman–Crippen MR) is 125 cm³/mol. The summed E-state index contributed by atoms with van der Waals surface area (Å²) in [5, 5.41) is 8.03. The summed E-state index contributed by atoms with van der Waals surface area (Å²) in [5.74, 6) is -1.57. The number of aryl methyl sites for hydroxylation is 1. The number of carbonyl (C=O) groups excluding carboxylic acids is 4. The van der Waals surface area contributed by atoms with Gasteiger partial charge in [0, 0.05) is 30.6 Å². The summed E-state index contributed by atoms with van der Waals surface area (Å²) in [6, 6.07) is 15.3. The molecule has 0 aliphatic heterocycles. The van der Waals surface area contributed by atoms with Crippen molar-refractivity contribution in [2.45, 2.75) is 6.42 Å². The van der Waals surface area contributed by atoms with Gasteiger partial charge in [0.15, 0.2) is 0 Å². The largest absolute Gasteiger partial charge is 1.00 e. The Bertz CT molecular complexity index is 1240. The third-order valence-corrected chi connectivity index (χ3v) is 4.89. The Labute approximate surface area is 208 Å². The number of rotatable bonds is 8. The molecule has 11 heteroatoms. The molecule has 0 saturated carbocycles. The Kier molecular flexibility index (Phi) is 9.56. The van der Waals surface area contributed by atoms with Crippen molar-refractivity contribution >= 4 is 40.8 Å². The average Bonchev–Trinajstić information content (AvgIpc) is 3.17. The molecule has 0 spiro atoms. The topological polar surface area (TPSA) is 146 Å². The van der Waals surface area contributed by atoms with E-state index in [1.165, 1.54) is 7.11 Å². The molecule has 10 nitrogen and oxygen atoms in total. The second-order valence-electron chi connectivity index (χ2n) is 7.56. The van der Waals surface area contributed by atoms with Gasteiger partial charge in [-0.15, -0.1) is 0 Å². The lowest BCUT2D eigenvalue weighted by molar-refractivity contribution is -0.254. The van der Waals surface area contributed by atoms with Crippen LogP contribution in [0.25, 0.3) is 0 Å². The lowest BCUT2D eigenvalue weighted by atomic mass is 10.1. The average molecular weight is 500 g/mol. The summed E-state index contributed by atoms with van der Waals surface area (Å²) in [7, 11) is 2.94. The molecule has 0 unspecified atom stereocenters. The van der Waals surface area contributed by atoms with E-state index in [1.54, 1.807) is 72.4 Å². The minimum absolute atomic E-state index is 0. The fourth-order valence-corrected chi connectivity index (χ4v) is 3.22. The number of amides is 3. The zero-order valence-corrected chi connectivity index (χ0v) is 20.0. The van der Waals surface area contributed by atoms with E-state index >= 15 is 0 Å². The Balaban J connectivity index is 0.00000432. The molecule has 0 fully saturated rings. The summed E-state index contributed by atoms with van der Waals surface area (Å²) in [5.41, 5.74) is 6.98. The van der Waals surface area contributed by atoms with E-state index < -0.39 is 5.97 Å². The number of hydrogen-bond donors (Lipinski definition) is 4. The van der Waals surface area contributed by atoms with Crippen molar-refractivity contribution in [3.8, 4) is 0 Å². The maximum absolute atomic E-state index is 12.8.